The Morgan fingerprint density at radius 3 is 2.58 bits per heavy atom. The van der Waals surface area contributed by atoms with E-state index in [-0.39, 0.29) is 11.1 Å². The number of hydrogen-bond donors (Lipinski definition) is 0. The summed E-state index contributed by atoms with van der Waals surface area (Å²) in [6.45, 7) is 0.697. The summed E-state index contributed by atoms with van der Waals surface area (Å²) >= 11 is 17.6. The summed E-state index contributed by atoms with van der Waals surface area (Å²) in [5.41, 5.74) is 2.09. The number of nitrogens with zero attached hydrogens (tertiary/aromatic N) is 5. The van der Waals surface area contributed by atoms with E-state index in [9.17, 15) is 0 Å². The lowest BCUT2D eigenvalue weighted by atomic mass is 10.1. The van der Waals surface area contributed by atoms with Crippen LogP contribution in [0.1, 0.15) is 12.2 Å². The SMILES string of the molecule is COc1c(Cl)cc(OCC=C(Cl)Cl)cc1-c1cc(CCCOc2ccc(-c3nnn(C)n3)cc2)on1. The molecule has 0 aliphatic heterocycles. The monoisotopic (exact) mass is 549 g/mol. The summed E-state index contributed by atoms with van der Waals surface area (Å²) in [4.78, 5) is 1.42. The van der Waals surface area contributed by atoms with Crippen LogP contribution >= 0.6 is 34.8 Å². The molecule has 0 aliphatic rings. The van der Waals surface area contributed by atoms with Gasteiger partial charge in [-0.25, -0.2) is 0 Å². The number of hydrogen-bond acceptors (Lipinski definition) is 8. The van der Waals surface area contributed by atoms with E-state index in [1.807, 2.05) is 30.3 Å². The Morgan fingerprint density at radius 1 is 1.08 bits per heavy atom. The summed E-state index contributed by atoms with van der Waals surface area (Å²) in [6, 6.07) is 12.8. The maximum atomic E-state index is 6.38. The molecule has 0 radical (unpaired) electrons. The molecule has 9 nitrogen and oxygen atoms in total. The van der Waals surface area contributed by atoms with Crippen LogP contribution in [0.4, 0.5) is 0 Å². The Labute approximate surface area is 222 Å². The van der Waals surface area contributed by atoms with Crippen LogP contribution < -0.4 is 14.2 Å². The predicted molar refractivity (Wildman–Crippen MR) is 137 cm³/mol. The second-order valence-electron chi connectivity index (χ2n) is 7.55. The van der Waals surface area contributed by atoms with Gasteiger partial charge in [0.1, 0.15) is 39.8 Å². The van der Waals surface area contributed by atoms with Crippen molar-refractivity contribution in [2.45, 2.75) is 12.8 Å². The van der Waals surface area contributed by atoms with Crippen molar-refractivity contribution in [1.82, 2.24) is 25.4 Å². The molecule has 0 unspecified atom stereocenters. The van der Waals surface area contributed by atoms with Crippen molar-refractivity contribution in [3.8, 4) is 39.9 Å². The first-order valence-corrected chi connectivity index (χ1v) is 12.0. The Balaban J connectivity index is 1.34. The quantitative estimate of drug-likeness (QED) is 0.213. The maximum Gasteiger partial charge on any atom is 0.204 e. The highest BCUT2D eigenvalue weighted by molar-refractivity contribution is 6.55. The van der Waals surface area contributed by atoms with Crippen molar-refractivity contribution in [1.29, 1.82) is 0 Å². The lowest BCUT2D eigenvalue weighted by Gasteiger charge is -2.11. The molecular weight excluding hydrogens is 529 g/mol. The Morgan fingerprint density at radius 2 is 1.89 bits per heavy atom. The second-order valence-corrected chi connectivity index (χ2v) is 8.96. The highest BCUT2D eigenvalue weighted by atomic mass is 35.5. The third-order valence-corrected chi connectivity index (χ3v) is 5.59. The zero-order valence-electron chi connectivity index (χ0n) is 19.5. The largest absolute Gasteiger partial charge is 0.494 e. The van der Waals surface area contributed by atoms with Gasteiger partial charge in [0.25, 0.3) is 0 Å². The Bertz CT molecular complexity index is 1330. The summed E-state index contributed by atoms with van der Waals surface area (Å²) in [7, 11) is 3.26. The molecule has 0 atom stereocenters. The number of ether oxygens (including phenoxy) is 3. The fourth-order valence-electron chi connectivity index (χ4n) is 3.34. The number of aryl methyl sites for hydroxylation is 2. The van der Waals surface area contributed by atoms with Crippen molar-refractivity contribution in [3.63, 3.8) is 0 Å². The molecule has 0 N–H and O–H groups in total. The molecule has 0 saturated heterocycles. The fourth-order valence-corrected chi connectivity index (χ4v) is 3.76. The number of aromatic nitrogens is 5. The zero-order valence-corrected chi connectivity index (χ0v) is 21.7. The van der Waals surface area contributed by atoms with E-state index < -0.39 is 0 Å². The summed E-state index contributed by atoms with van der Waals surface area (Å²) < 4.78 is 22.6. The fraction of sp³-hybridized carbons (Fsp3) is 0.250. The molecule has 0 saturated carbocycles. The van der Waals surface area contributed by atoms with Gasteiger partial charge in [-0.3, -0.25) is 0 Å². The minimum Gasteiger partial charge on any atom is -0.494 e. The van der Waals surface area contributed by atoms with Crippen LogP contribution in [0.15, 0.2) is 57.6 Å². The number of tetrazole rings is 1. The number of rotatable bonds is 11. The Kier molecular flexibility index (Phi) is 8.69. The molecule has 4 aromatic rings. The van der Waals surface area contributed by atoms with Crippen molar-refractivity contribution >= 4 is 34.8 Å². The molecule has 36 heavy (non-hydrogen) atoms. The van der Waals surface area contributed by atoms with Crippen LogP contribution in [0.2, 0.25) is 5.02 Å². The number of benzene rings is 2. The average Bonchev–Trinajstić information content (AvgIpc) is 3.51. The van der Waals surface area contributed by atoms with E-state index in [2.05, 4.69) is 20.6 Å². The van der Waals surface area contributed by atoms with Crippen LogP contribution in [0, 0.1) is 0 Å². The van der Waals surface area contributed by atoms with E-state index in [4.69, 9.17) is 53.5 Å². The predicted octanol–water partition coefficient (Wildman–Crippen LogP) is 5.90. The molecule has 2 aromatic heterocycles. The van der Waals surface area contributed by atoms with E-state index in [1.54, 1.807) is 19.2 Å². The standard InChI is InChI=1S/C24H22Cl3N5O4/c1-32-29-24(28-31-32)15-5-7-16(8-6-15)34-10-3-4-17-14-21(30-36-17)19-12-18(35-11-9-22(26)27)13-20(25)23(19)33-2/h5-9,12-14H,3-4,10-11H2,1-2H3. The van der Waals surface area contributed by atoms with Crippen molar-refractivity contribution in [2.24, 2.45) is 7.05 Å². The smallest absolute Gasteiger partial charge is 0.204 e. The maximum absolute atomic E-state index is 6.38. The van der Waals surface area contributed by atoms with Crippen LogP contribution in [0.5, 0.6) is 17.2 Å². The molecular formula is C24H22Cl3N5O4. The molecule has 2 heterocycles. The average molecular weight is 551 g/mol. The van der Waals surface area contributed by atoms with Gasteiger partial charge in [0, 0.05) is 24.1 Å². The van der Waals surface area contributed by atoms with Gasteiger partial charge >= 0.3 is 0 Å². The Hall–Kier alpha value is -3.27. The first kappa shape index (κ1) is 25.8. The highest BCUT2D eigenvalue weighted by Crippen LogP contribution is 2.39. The molecule has 2 aromatic carbocycles. The molecule has 0 spiro atoms. The highest BCUT2D eigenvalue weighted by Gasteiger charge is 2.17. The lowest BCUT2D eigenvalue weighted by molar-refractivity contribution is 0.300. The van der Waals surface area contributed by atoms with Gasteiger partial charge in [0.05, 0.1) is 31.4 Å². The van der Waals surface area contributed by atoms with Crippen LogP contribution in [0.25, 0.3) is 22.6 Å². The molecule has 188 valence electrons. The van der Waals surface area contributed by atoms with Crippen molar-refractivity contribution in [2.75, 3.05) is 20.3 Å². The molecule has 4 rings (SSSR count). The van der Waals surface area contributed by atoms with Gasteiger partial charge in [-0.1, -0.05) is 40.0 Å². The summed E-state index contributed by atoms with van der Waals surface area (Å²) in [6.07, 6.45) is 2.90. The molecule has 12 heteroatoms. The van der Waals surface area contributed by atoms with E-state index in [0.717, 1.165) is 17.7 Å². The normalized spacial score (nSPS) is 10.8. The van der Waals surface area contributed by atoms with Gasteiger partial charge in [-0.2, -0.15) is 4.80 Å². The summed E-state index contributed by atoms with van der Waals surface area (Å²) in [5, 5.41) is 16.6. The molecule has 0 bridgehead atoms. The van der Waals surface area contributed by atoms with Crippen LogP contribution in [-0.4, -0.2) is 45.7 Å². The molecule has 0 fully saturated rings. The first-order chi connectivity index (χ1) is 17.4. The third-order valence-electron chi connectivity index (χ3n) is 5.00. The van der Waals surface area contributed by atoms with Crippen LogP contribution in [-0.2, 0) is 13.5 Å². The summed E-state index contributed by atoms with van der Waals surface area (Å²) in [5.74, 6) is 3.01. The van der Waals surface area contributed by atoms with E-state index in [0.29, 0.717) is 52.4 Å². The zero-order chi connectivity index (χ0) is 25.5. The van der Waals surface area contributed by atoms with Gasteiger partial charge in [-0.05, 0) is 48.0 Å². The van der Waals surface area contributed by atoms with Crippen molar-refractivity contribution in [3.05, 3.63) is 63.8 Å². The molecule has 0 amide bonds. The molecule has 0 aliphatic carbocycles. The van der Waals surface area contributed by atoms with Gasteiger partial charge in [-0.15, -0.1) is 10.2 Å². The number of methoxy groups -OCH3 is 1. The topological polar surface area (TPSA) is 97.3 Å². The second kappa shape index (κ2) is 12.1. The van der Waals surface area contributed by atoms with Crippen molar-refractivity contribution < 1.29 is 18.7 Å². The number of halogens is 3. The van der Waals surface area contributed by atoms with Gasteiger partial charge in [0.2, 0.25) is 5.82 Å². The minimum absolute atomic E-state index is 0.122. The lowest BCUT2D eigenvalue weighted by Crippen LogP contribution is -1.99. The van der Waals surface area contributed by atoms with E-state index >= 15 is 0 Å². The van der Waals surface area contributed by atoms with Gasteiger partial charge < -0.3 is 18.7 Å². The minimum atomic E-state index is 0.122. The third kappa shape index (κ3) is 6.69. The van der Waals surface area contributed by atoms with Gasteiger partial charge in [0.15, 0.2) is 0 Å². The first-order valence-electron chi connectivity index (χ1n) is 10.9. The van der Waals surface area contributed by atoms with Crippen LogP contribution in [0.3, 0.4) is 0 Å². The van der Waals surface area contributed by atoms with E-state index in [1.165, 1.54) is 18.0 Å².